The number of hydrogen-bond donors (Lipinski definition) is 1. The normalized spacial score (nSPS) is 27.8. The zero-order valence-corrected chi connectivity index (χ0v) is 9.94. The molecule has 0 radical (unpaired) electrons. The lowest BCUT2D eigenvalue weighted by Crippen LogP contribution is -2.40. The van der Waals surface area contributed by atoms with E-state index in [-0.39, 0.29) is 6.10 Å². The summed E-state index contributed by atoms with van der Waals surface area (Å²) in [5, 5.41) is 3.41. The number of ether oxygens (including phenoxy) is 3. The molecule has 3 rings (SSSR count). The van der Waals surface area contributed by atoms with Crippen molar-refractivity contribution in [1.29, 1.82) is 0 Å². The van der Waals surface area contributed by atoms with E-state index in [2.05, 4.69) is 18.3 Å². The van der Waals surface area contributed by atoms with Gasteiger partial charge in [-0.2, -0.15) is 0 Å². The summed E-state index contributed by atoms with van der Waals surface area (Å²) in [6, 6.07) is 6.47. The van der Waals surface area contributed by atoms with Crippen LogP contribution in [0.2, 0.25) is 0 Å². The first-order chi connectivity index (χ1) is 8.33. The van der Waals surface area contributed by atoms with Crippen LogP contribution >= 0.6 is 0 Å². The van der Waals surface area contributed by atoms with Crippen LogP contribution in [0.3, 0.4) is 0 Å². The van der Waals surface area contributed by atoms with Gasteiger partial charge in [0.15, 0.2) is 11.5 Å². The molecule has 0 spiro atoms. The Hall–Kier alpha value is -1.26. The minimum atomic E-state index is 0.113. The molecule has 0 saturated carbocycles. The predicted molar refractivity (Wildman–Crippen MR) is 63.6 cm³/mol. The van der Waals surface area contributed by atoms with Crippen LogP contribution in [0.15, 0.2) is 18.2 Å². The van der Waals surface area contributed by atoms with Gasteiger partial charge in [-0.3, -0.25) is 0 Å². The number of hydrogen-bond acceptors (Lipinski definition) is 4. The quantitative estimate of drug-likeness (QED) is 0.801. The molecule has 0 amide bonds. The van der Waals surface area contributed by atoms with Gasteiger partial charge in [0.05, 0.1) is 12.7 Å². The predicted octanol–water partition coefficient (Wildman–Crippen LogP) is 1.51. The van der Waals surface area contributed by atoms with Crippen molar-refractivity contribution in [2.24, 2.45) is 0 Å². The standard InChI is InChI=1S/C13H17NO3/c1-9-8-17-13(7-14-9)10-2-3-11-12(6-10)16-5-4-15-11/h2-3,6,9,13-14H,4-5,7-8H2,1H3. The SMILES string of the molecule is CC1COC(c2ccc3c(c2)OCCO3)CN1. The second-order valence-corrected chi connectivity index (χ2v) is 4.53. The molecule has 2 atom stereocenters. The van der Waals surface area contributed by atoms with Gasteiger partial charge in [-0.15, -0.1) is 0 Å². The highest BCUT2D eigenvalue weighted by atomic mass is 16.6. The second kappa shape index (κ2) is 4.55. The van der Waals surface area contributed by atoms with Crippen molar-refractivity contribution >= 4 is 0 Å². The zero-order chi connectivity index (χ0) is 11.7. The molecule has 1 saturated heterocycles. The molecule has 0 aromatic heterocycles. The summed E-state index contributed by atoms with van der Waals surface area (Å²) in [5.74, 6) is 1.66. The van der Waals surface area contributed by atoms with Crippen LogP contribution in [-0.2, 0) is 4.74 Å². The molecule has 1 aromatic carbocycles. The number of nitrogens with one attached hydrogen (secondary N) is 1. The summed E-state index contributed by atoms with van der Waals surface area (Å²) < 4.78 is 16.9. The highest BCUT2D eigenvalue weighted by Crippen LogP contribution is 2.33. The van der Waals surface area contributed by atoms with Gasteiger partial charge >= 0.3 is 0 Å². The van der Waals surface area contributed by atoms with Crippen molar-refractivity contribution in [3.63, 3.8) is 0 Å². The second-order valence-electron chi connectivity index (χ2n) is 4.53. The zero-order valence-electron chi connectivity index (χ0n) is 9.94. The minimum Gasteiger partial charge on any atom is -0.486 e. The van der Waals surface area contributed by atoms with Crippen molar-refractivity contribution in [3.8, 4) is 11.5 Å². The van der Waals surface area contributed by atoms with E-state index in [0.717, 1.165) is 30.2 Å². The third kappa shape index (κ3) is 2.23. The maximum atomic E-state index is 5.81. The van der Waals surface area contributed by atoms with E-state index in [1.165, 1.54) is 0 Å². The molecule has 92 valence electrons. The van der Waals surface area contributed by atoms with Crippen LogP contribution in [0.25, 0.3) is 0 Å². The van der Waals surface area contributed by atoms with Gasteiger partial charge in [0, 0.05) is 12.6 Å². The van der Waals surface area contributed by atoms with Gasteiger partial charge in [0.2, 0.25) is 0 Å². The van der Waals surface area contributed by atoms with Crippen LogP contribution in [0.1, 0.15) is 18.6 Å². The first-order valence-corrected chi connectivity index (χ1v) is 6.07. The Morgan fingerprint density at radius 3 is 2.76 bits per heavy atom. The molecule has 4 nitrogen and oxygen atoms in total. The molecule has 4 heteroatoms. The monoisotopic (exact) mass is 235 g/mol. The number of benzene rings is 1. The van der Waals surface area contributed by atoms with Crippen LogP contribution in [0.4, 0.5) is 0 Å². The smallest absolute Gasteiger partial charge is 0.161 e. The summed E-state index contributed by atoms with van der Waals surface area (Å²) in [6.45, 7) is 4.97. The summed E-state index contributed by atoms with van der Waals surface area (Å²) in [5.41, 5.74) is 1.15. The lowest BCUT2D eigenvalue weighted by atomic mass is 10.1. The van der Waals surface area contributed by atoms with Crippen molar-refractivity contribution in [3.05, 3.63) is 23.8 Å². The van der Waals surface area contributed by atoms with Gasteiger partial charge in [-0.1, -0.05) is 6.07 Å². The molecule has 0 bridgehead atoms. The molecule has 1 N–H and O–H groups in total. The Kier molecular flexibility index (Phi) is 2.91. The Labute approximate surface area is 101 Å². The van der Waals surface area contributed by atoms with E-state index >= 15 is 0 Å². The van der Waals surface area contributed by atoms with Crippen molar-refractivity contribution < 1.29 is 14.2 Å². The van der Waals surface area contributed by atoms with Gasteiger partial charge < -0.3 is 19.5 Å². The maximum absolute atomic E-state index is 5.81. The third-order valence-electron chi connectivity index (χ3n) is 3.14. The van der Waals surface area contributed by atoms with Gasteiger partial charge in [0.1, 0.15) is 13.2 Å². The van der Waals surface area contributed by atoms with Crippen molar-refractivity contribution in [1.82, 2.24) is 5.32 Å². The fourth-order valence-corrected chi connectivity index (χ4v) is 2.16. The average molecular weight is 235 g/mol. The molecule has 2 heterocycles. The molecule has 1 fully saturated rings. The first kappa shape index (κ1) is 10.9. The molecule has 2 unspecified atom stereocenters. The number of fused-ring (bicyclic) bond motifs is 1. The van der Waals surface area contributed by atoms with Crippen LogP contribution in [0.5, 0.6) is 11.5 Å². The Morgan fingerprint density at radius 1 is 1.18 bits per heavy atom. The molecular weight excluding hydrogens is 218 g/mol. The first-order valence-electron chi connectivity index (χ1n) is 6.07. The van der Waals surface area contributed by atoms with Gasteiger partial charge in [-0.25, -0.2) is 0 Å². The Bertz CT molecular complexity index is 400. The third-order valence-corrected chi connectivity index (χ3v) is 3.14. The highest BCUT2D eigenvalue weighted by Gasteiger charge is 2.21. The molecule has 17 heavy (non-hydrogen) atoms. The van der Waals surface area contributed by atoms with Crippen molar-refractivity contribution in [2.75, 3.05) is 26.4 Å². The average Bonchev–Trinajstić information content (AvgIpc) is 2.39. The molecule has 2 aliphatic heterocycles. The summed E-state index contributed by atoms with van der Waals surface area (Å²) in [4.78, 5) is 0. The Balaban J connectivity index is 1.79. The van der Waals surface area contributed by atoms with E-state index in [4.69, 9.17) is 14.2 Å². The largest absolute Gasteiger partial charge is 0.486 e. The van der Waals surface area contributed by atoms with E-state index in [1.54, 1.807) is 0 Å². The summed E-state index contributed by atoms with van der Waals surface area (Å²) >= 11 is 0. The lowest BCUT2D eigenvalue weighted by molar-refractivity contribution is 0.00669. The maximum Gasteiger partial charge on any atom is 0.161 e. The van der Waals surface area contributed by atoms with E-state index in [0.29, 0.717) is 19.3 Å². The highest BCUT2D eigenvalue weighted by molar-refractivity contribution is 5.44. The summed E-state index contributed by atoms with van der Waals surface area (Å²) in [6.07, 6.45) is 0.113. The Morgan fingerprint density at radius 2 is 2.00 bits per heavy atom. The van der Waals surface area contributed by atoms with Crippen LogP contribution in [-0.4, -0.2) is 32.4 Å². The fraction of sp³-hybridized carbons (Fsp3) is 0.538. The van der Waals surface area contributed by atoms with E-state index < -0.39 is 0 Å². The van der Waals surface area contributed by atoms with Crippen LogP contribution in [0, 0.1) is 0 Å². The van der Waals surface area contributed by atoms with E-state index in [9.17, 15) is 0 Å². The molecule has 2 aliphatic rings. The van der Waals surface area contributed by atoms with Gasteiger partial charge in [-0.05, 0) is 24.6 Å². The fourth-order valence-electron chi connectivity index (χ4n) is 2.16. The number of rotatable bonds is 1. The lowest BCUT2D eigenvalue weighted by Gasteiger charge is -2.29. The summed E-state index contributed by atoms with van der Waals surface area (Å²) in [7, 11) is 0. The van der Waals surface area contributed by atoms with Crippen molar-refractivity contribution in [2.45, 2.75) is 19.1 Å². The topological polar surface area (TPSA) is 39.7 Å². The molecule has 0 aliphatic carbocycles. The van der Waals surface area contributed by atoms with Crippen LogP contribution < -0.4 is 14.8 Å². The van der Waals surface area contributed by atoms with Gasteiger partial charge in [0.25, 0.3) is 0 Å². The minimum absolute atomic E-state index is 0.113. The van der Waals surface area contributed by atoms with E-state index in [1.807, 2.05) is 12.1 Å². The molecular formula is C13H17NO3. The number of morpholine rings is 1. The molecule has 1 aromatic rings.